The van der Waals surface area contributed by atoms with Crippen LogP contribution in [-0.2, 0) is 4.79 Å². The first-order valence-electron chi connectivity index (χ1n) is 8.96. The van der Waals surface area contributed by atoms with Crippen molar-refractivity contribution in [3.63, 3.8) is 0 Å². The highest BCUT2D eigenvalue weighted by Gasteiger charge is 2.33. The molecule has 6 nitrogen and oxygen atoms in total. The van der Waals surface area contributed by atoms with E-state index < -0.39 is 0 Å². The zero-order chi connectivity index (χ0) is 16.7. The Hall–Kier alpha value is -2.11. The van der Waals surface area contributed by atoms with Crippen molar-refractivity contribution < 1.29 is 4.79 Å². The zero-order valence-electron chi connectivity index (χ0n) is 14.5. The van der Waals surface area contributed by atoms with Crippen LogP contribution >= 0.6 is 0 Å². The van der Waals surface area contributed by atoms with Gasteiger partial charge in [0.25, 0.3) is 0 Å². The molecule has 2 aliphatic rings. The van der Waals surface area contributed by atoms with Gasteiger partial charge >= 0.3 is 0 Å². The number of hydrogen-bond acceptors (Lipinski definition) is 4. The van der Waals surface area contributed by atoms with Crippen LogP contribution in [0.15, 0.2) is 18.5 Å². The van der Waals surface area contributed by atoms with Gasteiger partial charge < -0.3 is 9.80 Å². The Morgan fingerprint density at radius 1 is 1.29 bits per heavy atom. The van der Waals surface area contributed by atoms with E-state index >= 15 is 0 Å². The number of fused-ring (bicyclic) bond motifs is 1. The first-order valence-corrected chi connectivity index (χ1v) is 8.96. The predicted octanol–water partition coefficient (Wildman–Crippen LogP) is 2.27. The smallest absolute Gasteiger partial charge is 0.225 e. The summed E-state index contributed by atoms with van der Waals surface area (Å²) in [6, 6.07) is 2.35. The molecule has 2 aromatic heterocycles. The zero-order valence-corrected chi connectivity index (χ0v) is 14.5. The van der Waals surface area contributed by atoms with Gasteiger partial charge in [-0.1, -0.05) is 6.42 Å². The monoisotopic (exact) mass is 327 g/mol. The molecule has 128 valence electrons. The molecule has 0 bridgehead atoms. The number of anilines is 1. The predicted molar refractivity (Wildman–Crippen MR) is 93.1 cm³/mol. The molecular weight excluding hydrogens is 302 g/mol. The molecule has 1 saturated heterocycles. The summed E-state index contributed by atoms with van der Waals surface area (Å²) < 4.78 is 1.89. The van der Waals surface area contributed by atoms with Crippen LogP contribution in [0.5, 0.6) is 0 Å². The highest BCUT2D eigenvalue weighted by atomic mass is 16.2. The standard InChI is InChI=1S/C18H25N5O/c1-13-11-16-17(19-8-10-23(16)20-13)22-9-4-7-15(12-22)21(2)18(24)14-5-3-6-14/h8,10-11,14-15H,3-7,9,12H2,1-2H3. The number of likely N-dealkylation sites (N-methyl/N-ethyl adjacent to an activating group) is 1. The molecule has 2 aromatic rings. The molecule has 6 heteroatoms. The average Bonchev–Trinajstić information content (AvgIpc) is 2.92. The SMILES string of the molecule is Cc1cc2c(N3CCCC(N(C)C(=O)C4CCC4)C3)nccn2n1. The minimum absolute atomic E-state index is 0.268. The van der Waals surface area contributed by atoms with E-state index in [1.165, 1.54) is 6.42 Å². The summed E-state index contributed by atoms with van der Waals surface area (Å²) in [6.07, 6.45) is 9.19. The molecule has 0 spiro atoms. The maximum absolute atomic E-state index is 12.6. The second kappa shape index (κ2) is 6.07. The number of carbonyl (C=O) groups excluding carboxylic acids is 1. The Bertz CT molecular complexity index is 751. The van der Waals surface area contributed by atoms with Crippen molar-refractivity contribution in [2.24, 2.45) is 5.92 Å². The topological polar surface area (TPSA) is 53.7 Å². The fourth-order valence-corrected chi connectivity index (χ4v) is 3.86. The van der Waals surface area contributed by atoms with Crippen molar-refractivity contribution in [2.45, 2.75) is 45.1 Å². The minimum Gasteiger partial charge on any atom is -0.353 e. The second-order valence-electron chi connectivity index (χ2n) is 7.19. The van der Waals surface area contributed by atoms with Gasteiger partial charge in [-0.2, -0.15) is 5.10 Å². The third kappa shape index (κ3) is 2.64. The maximum atomic E-state index is 12.6. The van der Waals surface area contributed by atoms with E-state index in [0.717, 1.165) is 55.8 Å². The largest absolute Gasteiger partial charge is 0.353 e. The Kier molecular flexibility index (Phi) is 3.90. The lowest BCUT2D eigenvalue weighted by atomic mass is 9.84. The first kappa shape index (κ1) is 15.4. The van der Waals surface area contributed by atoms with E-state index in [2.05, 4.69) is 21.0 Å². The van der Waals surface area contributed by atoms with Crippen molar-refractivity contribution in [3.05, 3.63) is 24.2 Å². The molecule has 3 heterocycles. The van der Waals surface area contributed by atoms with Gasteiger partial charge in [0.15, 0.2) is 5.82 Å². The maximum Gasteiger partial charge on any atom is 0.225 e. The number of carbonyl (C=O) groups is 1. The van der Waals surface area contributed by atoms with Crippen LogP contribution < -0.4 is 4.90 Å². The first-order chi connectivity index (χ1) is 11.6. The number of piperidine rings is 1. The van der Waals surface area contributed by atoms with E-state index in [0.29, 0.717) is 5.91 Å². The number of aromatic nitrogens is 3. The Balaban J connectivity index is 1.54. The van der Waals surface area contributed by atoms with Gasteiger partial charge in [-0.3, -0.25) is 4.79 Å². The quantitative estimate of drug-likeness (QED) is 0.868. The van der Waals surface area contributed by atoms with Crippen molar-refractivity contribution in [3.8, 4) is 0 Å². The molecule has 24 heavy (non-hydrogen) atoms. The Labute approximate surface area is 142 Å². The average molecular weight is 327 g/mol. The molecule has 4 rings (SSSR count). The van der Waals surface area contributed by atoms with Crippen molar-refractivity contribution in [1.29, 1.82) is 0 Å². The van der Waals surface area contributed by atoms with Crippen molar-refractivity contribution >= 4 is 17.2 Å². The number of amides is 1. The Morgan fingerprint density at radius 3 is 2.88 bits per heavy atom. The number of nitrogens with zero attached hydrogens (tertiary/aromatic N) is 5. The molecule has 1 aliphatic carbocycles. The van der Waals surface area contributed by atoms with Crippen LogP contribution in [0.2, 0.25) is 0 Å². The molecule has 1 atom stereocenters. The lowest BCUT2D eigenvalue weighted by molar-refractivity contribution is -0.139. The van der Waals surface area contributed by atoms with Crippen LogP contribution in [0.4, 0.5) is 5.82 Å². The van der Waals surface area contributed by atoms with E-state index in [9.17, 15) is 4.79 Å². The molecule has 0 radical (unpaired) electrons. The van der Waals surface area contributed by atoms with Gasteiger partial charge in [-0.25, -0.2) is 9.50 Å². The Morgan fingerprint density at radius 2 is 2.12 bits per heavy atom. The molecule has 1 saturated carbocycles. The highest BCUT2D eigenvalue weighted by Crippen LogP contribution is 2.30. The second-order valence-corrected chi connectivity index (χ2v) is 7.19. The summed E-state index contributed by atoms with van der Waals surface area (Å²) in [5, 5.41) is 4.48. The van der Waals surface area contributed by atoms with Gasteiger partial charge in [-0.15, -0.1) is 0 Å². The fourth-order valence-electron chi connectivity index (χ4n) is 3.86. The summed E-state index contributed by atoms with van der Waals surface area (Å²) in [7, 11) is 1.98. The molecule has 1 aliphatic heterocycles. The van der Waals surface area contributed by atoms with Gasteiger partial charge in [-0.05, 0) is 38.7 Å². The molecular formula is C18H25N5O. The number of hydrogen-bond donors (Lipinski definition) is 0. The van der Waals surface area contributed by atoms with E-state index in [1.54, 1.807) is 0 Å². The minimum atomic E-state index is 0.268. The summed E-state index contributed by atoms with van der Waals surface area (Å²) in [5.41, 5.74) is 2.04. The van der Waals surface area contributed by atoms with E-state index in [1.807, 2.05) is 35.8 Å². The normalized spacial score (nSPS) is 21.8. The van der Waals surface area contributed by atoms with Crippen molar-refractivity contribution in [1.82, 2.24) is 19.5 Å². The molecule has 1 unspecified atom stereocenters. The van der Waals surface area contributed by atoms with Crippen molar-refractivity contribution in [2.75, 3.05) is 25.0 Å². The van der Waals surface area contributed by atoms with Crippen LogP contribution in [-0.4, -0.2) is 51.6 Å². The summed E-state index contributed by atoms with van der Waals surface area (Å²) in [6.45, 7) is 3.84. The van der Waals surface area contributed by atoms with Crippen LogP contribution in [0.1, 0.15) is 37.8 Å². The van der Waals surface area contributed by atoms with Crippen LogP contribution in [0.3, 0.4) is 0 Å². The van der Waals surface area contributed by atoms with Crippen LogP contribution in [0, 0.1) is 12.8 Å². The molecule has 0 aromatic carbocycles. The molecule has 2 fully saturated rings. The summed E-state index contributed by atoms with van der Waals surface area (Å²) in [4.78, 5) is 21.5. The third-order valence-electron chi connectivity index (χ3n) is 5.54. The summed E-state index contributed by atoms with van der Waals surface area (Å²) >= 11 is 0. The van der Waals surface area contributed by atoms with E-state index in [-0.39, 0.29) is 12.0 Å². The lowest BCUT2D eigenvalue weighted by Crippen LogP contribution is -2.51. The number of aryl methyl sites for hydroxylation is 1. The van der Waals surface area contributed by atoms with Gasteiger partial charge in [0, 0.05) is 44.5 Å². The fraction of sp³-hybridized carbons (Fsp3) is 0.611. The third-order valence-corrected chi connectivity index (χ3v) is 5.54. The highest BCUT2D eigenvalue weighted by molar-refractivity contribution is 5.79. The number of rotatable bonds is 3. The lowest BCUT2D eigenvalue weighted by Gasteiger charge is -2.40. The summed E-state index contributed by atoms with van der Waals surface area (Å²) in [5.74, 6) is 1.58. The van der Waals surface area contributed by atoms with Gasteiger partial charge in [0.05, 0.1) is 5.69 Å². The van der Waals surface area contributed by atoms with Gasteiger partial charge in [0.1, 0.15) is 5.52 Å². The van der Waals surface area contributed by atoms with Gasteiger partial charge in [0.2, 0.25) is 5.91 Å². The van der Waals surface area contributed by atoms with Crippen LogP contribution in [0.25, 0.3) is 5.52 Å². The molecule has 1 amide bonds. The molecule has 0 N–H and O–H groups in total. The van der Waals surface area contributed by atoms with E-state index in [4.69, 9.17) is 0 Å².